The van der Waals surface area contributed by atoms with E-state index in [-0.39, 0.29) is 6.61 Å². The van der Waals surface area contributed by atoms with Crippen molar-refractivity contribution in [2.75, 3.05) is 0 Å². The summed E-state index contributed by atoms with van der Waals surface area (Å²) in [6.45, 7) is 0.0972. The van der Waals surface area contributed by atoms with Crippen LogP contribution in [0.3, 0.4) is 0 Å². The van der Waals surface area contributed by atoms with Gasteiger partial charge in [-0.2, -0.15) is 0 Å². The number of esters is 1. The Bertz CT molecular complexity index is 733. The molecule has 0 aliphatic carbocycles. The van der Waals surface area contributed by atoms with E-state index in [0.717, 1.165) is 15.4 Å². The van der Waals surface area contributed by atoms with Crippen LogP contribution in [0.15, 0.2) is 57.7 Å². The lowest BCUT2D eigenvalue weighted by molar-refractivity contribution is 0.0447. The number of carbonyl (C=O) groups excluding carboxylic acids is 1. The molecule has 0 spiro atoms. The molecule has 2 heterocycles. The fourth-order valence-corrected chi connectivity index (χ4v) is 2.22. The summed E-state index contributed by atoms with van der Waals surface area (Å²) in [4.78, 5) is 15.8. The summed E-state index contributed by atoms with van der Waals surface area (Å²) < 4.78 is 11.5. The summed E-state index contributed by atoms with van der Waals surface area (Å²) >= 11 is 3.26. The van der Waals surface area contributed by atoms with Crippen LogP contribution in [0.5, 0.6) is 0 Å². The minimum Gasteiger partial charge on any atom is -0.457 e. The Morgan fingerprint density at radius 3 is 2.90 bits per heavy atom. The lowest BCUT2D eigenvalue weighted by atomic mass is 10.2. The maximum absolute atomic E-state index is 11.9. The first-order valence-corrected chi connectivity index (χ1v) is 6.77. The van der Waals surface area contributed by atoms with Gasteiger partial charge < -0.3 is 9.15 Å². The predicted molar refractivity (Wildman–Crippen MR) is 77.3 cm³/mol. The first-order valence-electron chi connectivity index (χ1n) is 5.97. The molecule has 3 rings (SSSR count). The molecule has 4 nitrogen and oxygen atoms in total. The second kappa shape index (κ2) is 5.46. The van der Waals surface area contributed by atoms with Crippen molar-refractivity contribution in [1.29, 1.82) is 0 Å². The monoisotopic (exact) mass is 331 g/mol. The Kier molecular flexibility index (Phi) is 3.52. The van der Waals surface area contributed by atoms with E-state index in [4.69, 9.17) is 9.15 Å². The molecule has 0 radical (unpaired) electrons. The lowest BCUT2D eigenvalue weighted by Gasteiger charge is -2.02. The van der Waals surface area contributed by atoms with Crippen molar-refractivity contribution in [3.05, 3.63) is 64.6 Å². The number of para-hydroxylation sites is 1. The first kappa shape index (κ1) is 12.9. The number of furan rings is 1. The molecule has 0 N–H and O–H groups in total. The fourth-order valence-electron chi connectivity index (χ4n) is 1.85. The van der Waals surface area contributed by atoms with E-state index >= 15 is 0 Å². The highest BCUT2D eigenvalue weighted by Crippen LogP contribution is 2.19. The smallest absolute Gasteiger partial charge is 0.340 e. The molecule has 5 heteroatoms. The largest absolute Gasteiger partial charge is 0.457 e. The number of ether oxygens (including phenoxy) is 1. The Balaban J connectivity index is 1.71. The van der Waals surface area contributed by atoms with Crippen molar-refractivity contribution >= 4 is 32.9 Å². The molecule has 100 valence electrons. The van der Waals surface area contributed by atoms with Crippen LogP contribution < -0.4 is 0 Å². The molecule has 0 aliphatic rings. The molecule has 20 heavy (non-hydrogen) atoms. The summed E-state index contributed by atoms with van der Waals surface area (Å²) in [5.74, 6) is 0.182. The highest BCUT2D eigenvalue weighted by atomic mass is 79.9. The van der Waals surface area contributed by atoms with Crippen molar-refractivity contribution in [3.63, 3.8) is 0 Å². The molecule has 0 saturated carbocycles. The van der Waals surface area contributed by atoms with Gasteiger partial charge in [0.25, 0.3) is 0 Å². The van der Waals surface area contributed by atoms with E-state index in [2.05, 4.69) is 20.9 Å². The van der Waals surface area contributed by atoms with Crippen LogP contribution in [0.25, 0.3) is 11.0 Å². The van der Waals surface area contributed by atoms with Gasteiger partial charge in [-0.1, -0.05) is 18.2 Å². The van der Waals surface area contributed by atoms with Gasteiger partial charge in [0, 0.05) is 22.3 Å². The third-order valence-corrected chi connectivity index (χ3v) is 3.20. The van der Waals surface area contributed by atoms with Crippen molar-refractivity contribution < 1.29 is 13.9 Å². The number of nitrogens with zero attached hydrogens (tertiary/aromatic N) is 1. The number of fused-ring (bicyclic) bond motifs is 1. The second-order valence-corrected chi connectivity index (χ2v) is 5.13. The van der Waals surface area contributed by atoms with Gasteiger partial charge in [0.1, 0.15) is 18.0 Å². The van der Waals surface area contributed by atoms with Gasteiger partial charge >= 0.3 is 5.97 Å². The zero-order valence-corrected chi connectivity index (χ0v) is 12.0. The van der Waals surface area contributed by atoms with Crippen molar-refractivity contribution in [3.8, 4) is 0 Å². The molecule has 0 amide bonds. The number of carbonyl (C=O) groups is 1. The molecule has 1 aromatic carbocycles. The average Bonchev–Trinajstić information content (AvgIpc) is 2.87. The maximum atomic E-state index is 11.9. The molecular weight excluding hydrogens is 322 g/mol. The number of aromatic nitrogens is 1. The zero-order chi connectivity index (χ0) is 13.9. The molecule has 0 fully saturated rings. The molecular formula is C15H10BrNO3. The van der Waals surface area contributed by atoms with E-state index in [9.17, 15) is 4.79 Å². The number of hydrogen-bond donors (Lipinski definition) is 0. The highest BCUT2D eigenvalue weighted by molar-refractivity contribution is 9.10. The Morgan fingerprint density at radius 2 is 2.10 bits per heavy atom. The Hall–Kier alpha value is -2.14. The van der Waals surface area contributed by atoms with Crippen LogP contribution in [0, 0.1) is 0 Å². The summed E-state index contributed by atoms with van der Waals surface area (Å²) in [5, 5.41) is 0.989. The normalized spacial score (nSPS) is 10.7. The molecule has 0 bridgehead atoms. The molecule has 0 aliphatic heterocycles. The predicted octanol–water partition coefficient (Wildman–Crippen LogP) is 3.95. The van der Waals surface area contributed by atoms with Crippen LogP contribution in [0.4, 0.5) is 0 Å². The molecule has 3 aromatic rings. The fraction of sp³-hybridized carbons (Fsp3) is 0.0667. The zero-order valence-electron chi connectivity index (χ0n) is 10.4. The van der Waals surface area contributed by atoms with Gasteiger partial charge in [-0.15, -0.1) is 0 Å². The summed E-state index contributed by atoms with van der Waals surface area (Å²) in [6.07, 6.45) is 3.07. The van der Waals surface area contributed by atoms with E-state index in [0.29, 0.717) is 11.3 Å². The van der Waals surface area contributed by atoms with Crippen LogP contribution in [-0.4, -0.2) is 11.0 Å². The average molecular weight is 332 g/mol. The third-order valence-electron chi connectivity index (χ3n) is 2.76. The highest BCUT2D eigenvalue weighted by Gasteiger charge is 2.10. The van der Waals surface area contributed by atoms with E-state index in [1.54, 1.807) is 12.3 Å². The van der Waals surface area contributed by atoms with E-state index < -0.39 is 5.97 Å². The Morgan fingerprint density at radius 1 is 1.25 bits per heavy atom. The number of rotatable bonds is 3. The van der Waals surface area contributed by atoms with Gasteiger partial charge in [0.05, 0.1) is 5.56 Å². The Labute approximate surface area is 123 Å². The van der Waals surface area contributed by atoms with Gasteiger partial charge in [-0.25, -0.2) is 4.79 Å². The van der Waals surface area contributed by atoms with Crippen LogP contribution in [-0.2, 0) is 11.3 Å². The molecule has 0 atom stereocenters. The van der Waals surface area contributed by atoms with Gasteiger partial charge in [-0.05, 0) is 34.1 Å². The second-order valence-electron chi connectivity index (χ2n) is 4.22. The van der Waals surface area contributed by atoms with Crippen LogP contribution in [0.2, 0.25) is 0 Å². The van der Waals surface area contributed by atoms with Gasteiger partial charge in [-0.3, -0.25) is 4.98 Å². The minimum atomic E-state index is -0.431. The van der Waals surface area contributed by atoms with Crippen molar-refractivity contribution in [1.82, 2.24) is 4.98 Å². The number of halogens is 1. The quantitative estimate of drug-likeness (QED) is 0.682. The summed E-state index contributed by atoms with van der Waals surface area (Å²) in [5.41, 5.74) is 1.18. The maximum Gasteiger partial charge on any atom is 0.340 e. The third kappa shape index (κ3) is 2.72. The van der Waals surface area contributed by atoms with E-state index in [1.807, 2.05) is 30.3 Å². The summed E-state index contributed by atoms with van der Waals surface area (Å²) in [7, 11) is 0. The summed E-state index contributed by atoms with van der Waals surface area (Å²) in [6, 6.07) is 11.2. The van der Waals surface area contributed by atoms with Gasteiger partial charge in [0.2, 0.25) is 0 Å². The van der Waals surface area contributed by atoms with Crippen molar-refractivity contribution in [2.45, 2.75) is 6.61 Å². The lowest BCUT2D eigenvalue weighted by Crippen LogP contribution is -2.05. The van der Waals surface area contributed by atoms with Crippen molar-refractivity contribution in [2.24, 2.45) is 0 Å². The minimum absolute atomic E-state index is 0.0972. The van der Waals surface area contributed by atoms with E-state index in [1.165, 1.54) is 6.20 Å². The number of hydrogen-bond acceptors (Lipinski definition) is 4. The molecule has 0 unspecified atom stereocenters. The first-order chi connectivity index (χ1) is 9.72. The molecule has 0 saturated heterocycles. The number of benzene rings is 1. The number of pyridine rings is 1. The van der Waals surface area contributed by atoms with Gasteiger partial charge in [0.15, 0.2) is 0 Å². The SMILES string of the molecule is O=C(OCc1cc2ccccc2o1)c1cncc(Br)c1. The van der Waals surface area contributed by atoms with Crippen LogP contribution >= 0.6 is 15.9 Å². The topological polar surface area (TPSA) is 52.3 Å². The van der Waals surface area contributed by atoms with Crippen LogP contribution in [0.1, 0.15) is 16.1 Å². The molecule has 2 aromatic heterocycles. The standard InChI is InChI=1S/C15H10BrNO3/c16-12-5-11(7-17-8-12)15(18)19-9-13-6-10-3-1-2-4-14(10)20-13/h1-8H,9H2.